The molecule has 1 saturated heterocycles. The van der Waals surface area contributed by atoms with Crippen LogP contribution in [0.25, 0.3) is 0 Å². The molecule has 1 fully saturated rings. The Labute approximate surface area is 134 Å². The van der Waals surface area contributed by atoms with Gasteiger partial charge in [-0.3, -0.25) is 0 Å². The number of rotatable bonds is 5. The maximum atomic E-state index is 8.71. The maximum Gasteiger partial charge on any atom is 0.158 e. The summed E-state index contributed by atoms with van der Waals surface area (Å²) >= 11 is 0. The SMILES string of the molecule is N#Cc1cnc(Nc2cc(NCC3CCCNC3)ncn2)cn1. The Bertz CT molecular complexity index is 673. The van der Waals surface area contributed by atoms with Gasteiger partial charge in [-0.05, 0) is 31.8 Å². The fourth-order valence-corrected chi connectivity index (χ4v) is 2.45. The smallest absolute Gasteiger partial charge is 0.158 e. The van der Waals surface area contributed by atoms with E-state index in [9.17, 15) is 0 Å². The van der Waals surface area contributed by atoms with Crippen LogP contribution in [0.2, 0.25) is 0 Å². The van der Waals surface area contributed by atoms with Gasteiger partial charge in [-0.1, -0.05) is 0 Å². The van der Waals surface area contributed by atoms with E-state index in [4.69, 9.17) is 5.26 Å². The van der Waals surface area contributed by atoms with Crippen LogP contribution in [0.5, 0.6) is 0 Å². The Morgan fingerprint density at radius 2 is 2.09 bits per heavy atom. The van der Waals surface area contributed by atoms with Crippen LogP contribution >= 0.6 is 0 Å². The minimum Gasteiger partial charge on any atom is -0.370 e. The van der Waals surface area contributed by atoms with Gasteiger partial charge in [-0.2, -0.15) is 5.26 Å². The van der Waals surface area contributed by atoms with Crippen LogP contribution in [-0.2, 0) is 0 Å². The molecule has 0 saturated carbocycles. The van der Waals surface area contributed by atoms with Gasteiger partial charge < -0.3 is 16.0 Å². The first-order valence-corrected chi connectivity index (χ1v) is 7.59. The number of nitrogens with one attached hydrogen (secondary N) is 3. The standard InChI is InChI=1S/C15H18N8/c16-5-12-8-20-15(9-18-12)23-14-4-13(21-10-22-14)19-7-11-2-1-3-17-6-11/h4,8-11,17H,1-3,6-7H2,(H2,19,20,21,22,23). The fourth-order valence-electron chi connectivity index (χ4n) is 2.45. The van der Waals surface area contributed by atoms with Gasteiger partial charge in [0.05, 0.1) is 12.4 Å². The number of piperidine rings is 1. The molecule has 0 spiro atoms. The van der Waals surface area contributed by atoms with Gasteiger partial charge in [0, 0.05) is 12.6 Å². The lowest BCUT2D eigenvalue weighted by Gasteiger charge is -2.23. The summed E-state index contributed by atoms with van der Waals surface area (Å²) < 4.78 is 0. The minimum absolute atomic E-state index is 0.279. The molecular formula is C15H18N8. The zero-order chi connectivity index (χ0) is 15.9. The van der Waals surface area contributed by atoms with E-state index in [-0.39, 0.29) is 5.69 Å². The van der Waals surface area contributed by atoms with Gasteiger partial charge in [0.15, 0.2) is 5.69 Å². The Morgan fingerprint density at radius 1 is 1.17 bits per heavy atom. The zero-order valence-electron chi connectivity index (χ0n) is 12.7. The second-order valence-corrected chi connectivity index (χ2v) is 5.41. The third-order valence-electron chi connectivity index (χ3n) is 3.66. The lowest BCUT2D eigenvalue weighted by Crippen LogP contribution is -2.33. The van der Waals surface area contributed by atoms with Crippen molar-refractivity contribution in [2.45, 2.75) is 12.8 Å². The van der Waals surface area contributed by atoms with Gasteiger partial charge >= 0.3 is 0 Å². The summed E-state index contributed by atoms with van der Waals surface area (Å²) in [6.45, 7) is 3.05. The lowest BCUT2D eigenvalue weighted by atomic mass is 10.00. The van der Waals surface area contributed by atoms with Crippen LogP contribution in [0.1, 0.15) is 18.5 Å². The predicted octanol–water partition coefficient (Wildman–Crippen LogP) is 1.29. The van der Waals surface area contributed by atoms with Gasteiger partial charge in [-0.25, -0.2) is 19.9 Å². The summed E-state index contributed by atoms with van der Waals surface area (Å²) in [5, 5.41) is 18.5. The van der Waals surface area contributed by atoms with Crippen molar-refractivity contribution in [3.05, 3.63) is 30.5 Å². The quantitative estimate of drug-likeness (QED) is 0.757. The second kappa shape index (κ2) is 7.47. The lowest BCUT2D eigenvalue weighted by molar-refractivity contribution is 0.392. The summed E-state index contributed by atoms with van der Waals surface area (Å²) in [4.78, 5) is 16.5. The highest BCUT2D eigenvalue weighted by Crippen LogP contribution is 2.15. The molecule has 0 aromatic carbocycles. The molecule has 8 heteroatoms. The van der Waals surface area contributed by atoms with Crippen LogP contribution in [0.4, 0.5) is 17.5 Å². The molecule has 3 N–H and O–H groups in total. The molecule has 118 valence electrons. The van der Waals surface area contributed by atoms with E-state index in [1.54, 1.807) is 0 Å². The van der Waals surface area contributed by atoms with Gasteiger partial charge in [0.2, 0.25) is 0 Å². The molecule has 2 aromatic rings. The average Bonchev–Trinajstić information content (AvgIpc) is 2.62. The largest absolute Gasteiger partial charge is 0.370 e. The summed E-state index contributed by atoms with van der Waals surface area (Å²) in [5.74, 6) is 2.56. The molecule has 0 radical (unpaired) electrons. The van der Waals surface area contributed by atoms with Crippen molar-refractivity contribution in [1.29, 1.82) is 5.26 Å². The molecule has 1 aliphatic heterocycles. The van der Waals surface area contributed by atoms with Crippen molar-refractivity contribution >= 4 is 17.5 Å². The second-order valence-electron chi connectivity index (χ2n) is 5.41. The highest BCUT2D eigenvalue weighted by molar-refractivity contribution is 5.54. The van der Waals surface area contributed by atoms with Crippen LogP contribution in [-0.4, -0.2) is 39.6 Å². The van der Waals surface area contributed by atoms with Crippen LogP contribution in [0.15, 0.2) is 24.8 Å². The highest BCUT2D eigenvalue weighted by atomic mass is 15.1. The first kappa shape index (κ1) is 15.1. The van der Waals surface area contributed by atoms with E-state index in [1.165, 1.54) is 31.6 Å². The summed E-state index contributed by atoms with van der Waals surface area (Å²) in [6, 6.07) is 3.76. The van der Waals surface area contributed by atoms with Gasteiger partial charge in [-0.15, -0.1) is 0 Å². The van der Waals surface area contributed by atoms with Crippen molar-refractivity contribution in [2.75, 3.05) is 30.3 Å². The fraction of sp³-hybridized carbons (Fsp3) is 0.400. The normalized spacial score (nSPS) is 17.3. The van der Waals surface area contributed by atoms with Gasteiger partial charge in [0.1, 0.15) is 29.9 Å². The Morgan fingerprint density at radius 3 is 2.83 bits per heavy atom. The molecule has 1 unspecified atom stereocenters. The van der Waals surface area contributed by atoms with Crippen molar-refractivity contribution < 1.29 is 0 Å². The number of hydrogen-bond donors (Lipinski definition) is 3. The Hall–Kier alpha value is -2.79. The molecule has 8 nitrogen and oxygen atoms in total. The first-order valence-electron chi connectivity index (χ1n) is 7.59. The number of anilines is 3. The third-order valence-corrected chi connectivity index (χ3v) is 3.66. The maximum absolute atomic E-state index is 8.71. The molecule has 23 heavy (non-hydrogen) atoms. The Kier molecular flexibility index (Phi) is 4.91. The number of hydrogen-bond acceptors (Lipinski definition) is 8. The van der Waals surface area contributed by atoms with Crippen molar-refractivity contribution in [2.24, 2.45) is 5.92 Å². The topological polar surface area (TPSA) is 111 Å². The minimum atomic E-state index is 0.279. The number of nitriles is 1. The van der Waals surface area contributed by atoms with E-state index in [0.29, 0.717) is 17.6 Å². The zero-order valence-corrected chi connectivity index (χ0v) is 12.7. The van der Waals surface area contributed by atoms with Gasteiger partial charge in [0.25, 0.3) is 0 Å². The molecule has 3 heterocycles. The molecule has 1 atom stereocenters. The monoisotopic (exact) mass is 310 g/mol. The predicted molar refractivity (Wildman–Crippen MR) is 86.1 cm³/mol. The van der Waals surface area contributed by atoms with E-state index >= 15 is 0 Å². The molecule has 0 aliphatic carbocycles. The van der Waals surface area contributed by atoms with E-state index < -0.39 is 0 Å². The molecule has 2 aromatic heterocycles. The summed E-state index contributed by atoms with van der Waals surface area (Å²) in [5.41, 5.74) is 0.279. The van der Waals surface area contributed by atoms with E-state index in [1.807, 2.05) is 12.1 Å². The average molecular weight is 310 g/mol. The van der Waals surface area contributed by atoms with E-state index in [0.717, 1.165) is 25.5 Å². The summed E-state index contributed by atoms with van der Waals surface area (Å²) in [7, 11) is 0. The summed E-state index contributed by atoms with van der Waals surface area (Å²) in [6.07, 6.45) is 6.87. The molecular weight excluding hydrogens is 292 g/mol. The first-order chi connectivity index (χ1) is 11.3. The van der Waals surface area contributed by atoms with Crippen LogP contribution in [0.3, 0.4) is 0 Å². The van der Waals surface area contributed by atoms with Crippen molar-refractivity contribution in [3.63, 3.8) is 0 Å². The van der Waals surface area contributed by atoms with Crippen LogP contribution < -0.4 is 16.0 Å². The number of aromatic nitrogens is 4. The molecule has 0 amide bonds. The Balaban J connectivity index is 1.59. The molecule has 0 bridgehead atoms. The highest BCUT2D eigenvalue weighted by Gasteiger charge is 2.12. The molecule has 3 rings (SSSR count). The third kappa shape index (κ3) is 4.34. The van der Waals surface area contributed by atoms with Crippen LogP contribution in [0, 0.1) is 17.2 Å². The van der Waals surface area contributed by atoms with Crippen molar-refractivity contribution in [3.8, 4) is 6.07 Å². The molecule has 1 aliphatic rings. The van der Waals surface area contributed by atoms with E-state index in [2.05, 4.69) is 35.9 Å². The number of nitrogens with zero attached hydrogens (tertiary/aromatic N) is 5. The van der Waals surface area contributed by atoms with Crippen molar-refractivity contribution in [1.82, 2.24) is 25.3 Å².